The van der Waals surface area contributed by atoms with Gasteiger partial charge in [-0.3, -0.25) is 4.79 Å². The summed E-state index contributed by atoms with van der Waals surface area (Å²) in [6, 6.07) is 0.682. The number of rotatable bonds is 4. The lowest BCUT2D eigenvalue weighted by Gasteiger charge is -2.41. The van der Waals surface area contributed by atoms with Crippen LogP contribution in [0, 0.1) is 5.92 Å². The molecule has 1 aromatic heterocycles. The Morgan fingerprint density at radius 3 is 2.57 bits per heavy atom. The summed E-state index contributed by atoms with van der Waals surface area (Å²) in [7, 11) is 1.86. The summed E-state index contributed by atoms with van der Waals surface area (Å²) in [5.74, 6) is 1.11. The smallest absolute Gasteiger partial charge is 0.228 e. The van der Waals surface area contributed by atoms with Gasteiger partial charge in [0.05, 0.1) is 12.1 Å². The highest BCUT2D eigenvalue weighted by Crippen LogP contribution is 2.24. The van der Waals surface area contributed by atoms with Crippen LogP contribution in [0.3, 0.4) is 0 Å². The summed E-state index contributed by atoms with van der Waals surface area (Å²) in [6.45, 7) is 6.64. The molecule has 128 valence electrons. The van der Waals surface area contributed by atoms with Crippen molar-refractivity contribution in [3.8, 4) is 0 Å². The van der Waals surface area contributed by atoms with Crippen molar-refractivity contribution in [1.82, 2.24) is 14.8 Å². The van der Waals surface area contributed by atoms with Crippen LogP contribution >= 0.6 is 11.3 Å². The molecule has 6 heteroatoms. The third kappa shape index (κ3) is 4.23. The molecule has 2 fully saturated rings. The largest absolute Gasteiger partial charge is 0.365 e. The van der Waals surface area contributed by atoms with E-state index in [0.717, 1.165) is 42.7 Å². The fourth-order valence-electron chi connectivity index (χ4n) is 3.64. The summed E-state index contributed by atoms with van der Waals surface area (Å²) in [4.78, 5) is 21.5. The second-order valence-electron chi connectivity index (χ2n) is 6.90. The van der Waals surface area contributed by atoms with E-state index in [-0.39, 0.29) is 5.91 Å². The lowest BCUT2D eigenvalue weighted by atomic mass is 9.95. The molecular weight excluding hydrogens is 308 g/mol. The number of aromatic nitrogens is 1. The van der Waals surface area contributed by atoms with Crippen molar-refractivity contribution in [2.75, 3.05) is 38.5 Å². The normalized spacial score (nSPS) is 21.6. The van der Waals surface area contributed by atoms with Gasteiger partial charge in [0.25, 0.3) is 0 Å². The maximum Gasteiger partial charge on any atom is 0.228 e. The van der Waals surface area contributed by atoms with Crippen LogP contribution in [0.5, 0.6) is 0 Å². The third-order valence-corrected chi connectivity index (χ3v) is 6.16. The van der Waals surface area contributed by atoms with Gasteiger partial charge in [-0.05, 0) is 44.7 Å². The van der Waals surface area contributed by atoms with Crippen LogP contribution in [0.2, 0.25) is 0 Å². The summed E-state index contributed by atoms with van der Waals surface area (Å²) in [5.41, 5.74) is 0.886. The molecule has 1 amide bonds. The maximum atomic E-state index is 12.4. The molecule has 0 radical (unpaired) electrons. The number of carbonyl (C=O) groups excluding carboxylic acids is 1. The van der Waals surface area contributed by atoms with E-state index >= 15 is 0 Å². The number of nitrogens with one attached hydrogen (secondary N) is 1. The molecule has 0 atom stereocenters. The molecule has 2 aliphatic heterocycles. The number of hydrogen-bond donors (Lipinski definition) is 1. The molecule has 0 saturated carbocycles. The predicted molar refractivity (Wildman–Crippen MR) is 94.9 cm³/mol. The Balaban J connectivity index is 1.45. The van der Waals surface area contributed by atoms with Gasteiger partial charge in [0.15, 0.2) is 5.13 Å². The highest BCUT2D eigenvalue weighted by Gasteiger charge is 2.28. The Morgan fingerprint density at radius 2 is 1.96 bits per heavy atom. The monoisotopic (exact) mass is 336 g/mol. The minimum atomic E-state index is 0.226. The highest BCUT2D eigenvalue weighted by atomic mass is 32.1. The molecule has 0 spiro atoms. The lowest BCUT2D eigenvalue weighted by molar-refractivity contribution is -0.132. The zero-order valence-electron chi connectivity index (χ0n) is 14.3. The van der Waals surface area contributed by atoms with Gasteiger partial charge in [-0.25, -0.2) is 4.98 Å². The number of piperidine rings is 2. The quantitative estimate of drug-likeness (QED) is 0.917. The highest BCUT2D eigenvalue weighted by molar-refractivity contribution is 7.13. The fourth-order valence-corrected chi connectivity index (χ4v) is 4.32. The predicted octanol–water partition coefficient (Wildman–Crippen LogP) is 2.45. The Kier molecular flexibility index (Phi) is 5.54. The SMILES string of the molecule is CNc1nc(CC(=O)N2CCC(N3CCC(C)CC3)CC2)cs1. The molecule has 5 nitrogen and oxygen atoms in total. The summed E-state index contributed by atoms with van der Waals surface area (Å²) >= 11 is 1.56. The van der Waals surface area contributed by atoms with Crippen molar-refractivity contribution in [1.29, 1.82) is 0 Å². The van der Waals surface area contributed by atoms with Gasteiger partial charge in [0.1, 0.15) is 0 Å². The van der Waals surface area contributed by atoms with Crippen LogP contribution in [0.1, 0.15) is 38.3 Å². The third-order valence-electron chi connectivity index (χ3n) is 5.25. The van der Waals surface area contributed by atoms with Gasteiger partial charge >= 0.3 is 0 Å². The second-order valence-corrected chi connectivity index (χ2v) is 7.76. The summed E-state index contributed by atoms with van der Waals surface area (Å²) < 4.78 is 0. The van der Waals surface area contributed by atoms with Gasteiger partial charge in [0, 0.05) is 31.6 Å². The van der Waals surface area contributed by atoms with Crippen molar-refractivity contribution in [3.05, 3.63) is 11.1 Å². The Bertz CT molecular complexity index is 516. The molecule has 3 rings (SSSR count). The average Bonchev–Trinajstić information content (AvgIpc) is 3.03. The van der Waals surface area contributed by atoms with Crippen LogP contribution in [0.25, 0.3) is 0 Å². The molecule has 1 N–H and O–H groups in total. The maximum absolute atomic E-state index is 12.4. The second kappa shape index (κ2) is 7.62. The average molecular weight is 337 g/mol. The Labute approximate surface area is 143 Å². The van der Waals surface area contributed by atoms with E-state index in [2.05, 4.69) is 22.1 Å². The van der Waals surface area contributed by atoms with Crippen LogP contribution in [-0.2, 0) is 11.2 Å². The molecular formula is C17H28N4OS. The minimum Gasteiger partial charge on any atom is -0.365 e. The van der Waals surface area contributed by atoms with Crippen LogP contribution in [0.15, 0.2) is 5.38 Å². The molecule has 2 saturated heterocycles. The minimum absolute atomic E-state index is 0.226. The van der Waals surface area contributed by atoms with Crippen molar-refractivity contribution in [2.24, 2.45) is 5.92 Å². The van der Waals surface area contributed by atoms with E-state index in [1.807, 2.05) is 17.3 Å². The van der Waals surface area contributed by atoms with E-state index in [1.54, 1.807) is 11.3 Å². The van der Waals surface area contributed by atoms with Gasteiger partial charge in [-0.1, -0.05) is 6.92 Å². The first kappa shape index (κ1) is 16.7. The molecule has 2 aliphatic rings. The first-order valence-electron chi connectivity index (χ1n) is 8.79. The Hall–Kier alpha value is -1.14. The Morgan fingerprint density at radius 1 is 1.26 bits per heavy atom. The molecule has 0 unspecified atom stereocenters. The number of likely N-dealkylation sites (tertiary alicyclic amines) is 2. The first-order chi connectivity index (χ1) is 11.2. The number of thiazole rings is 1. The zero-order valence-corrected chi connectivity index (χ0v) is 15.1. The van der Waals surface area contributed by atoms with Gasteiger partial charge in [-0.2, -0.15) is 0 Å². The number of amides is 1. The molecule has 3 heterocycles. The van der Waals surface area contributed by atoms with Crippen LogP contribution < -0.4 is 5.32 Å². The number of nitrogens with zero attached hydrogens (tertiary/aromatic N) is 3. The summed E-state index contributed by atoms with van der Waals surface area (Å²) in [5, 5.41) is 5.88. The van der Waals surface area contributed by atoms with Crippen molar-refractivity contribution in [3.63, 3.8) is 0 Å². The van der Waals surface area contributed by atoms with Crippen molar-refractivity contribution in [2.45, 2.75) is 45.1 Å². The molecule has 0 aliphatic carbocycles. The molecule has 0 aromatic carbocycles. The summed E-state index contributed by atoms with van der Waals surface area (Å²) in [6.07, 6.45) is 5.34. The van der Waals surface area contributed by atoms with Crippen molar-refractivity contribution >= 4 is 22.4 Å². The van der Waals surface area contributed by atoms with E-state index in [4.69, 9.17) is 0 Å². The number of anilines is 1. The standard InChI is InChI=1S/C17H28N4OS/c1-13-3-7-20(8-4-13)15-5-9-21(10-6-15)16(22)11-14-12-23-17(18-2)19-14/h12-13,15H,3-11H2,1-2H3,(H,18,19). The van der Waals surface area contributed by atoms with E-state index in [0.29, 0.717) is 12.5 Å². The molecule has 23 heavy (non-hydrogen) atoms. The van der Waals surface area contributed by atoms with Crippen molar-refractivity contribution < 1.29 is 4.79 Å². The number of carbonyl (C=O) groups is 1. The molecule has 0 bridgehead atoms. The lowest BCUT2D eigenvalue weighted by Crippen LogP contribution is -2.49. The van der Waals surface area contributed by atoms with Crippen LogP contribution in [0.4, 0.5) is 5.13 Å². The molecule has 1 aromatic rings. The topological polar surface area (TPSA) is 48.5 Å². The fraction of sp³-hybridized carbons (Fsp3) is 0.765. The first-order valence-corrected chi connectivity index (χ1v) is 9.67. The van der Waals surface area contributed by atoms with Crippen LogP contribution in [-0.4, -0.2) is 60.0 Å². The number of hydrogen-bond acceptors (Lipinski definition) is 5. The van der Waals surface area contributed by atoms with E-state index < -0.39 is 0 Å². The van der Waals surface area contributed by atoms with E-state index in [1.165, 1.54) is 25.9 Å². The zero-order chi connectivity index (χ0) is 16.2. The van der Waals surface area contributed by atoms with E-state index in [9.17, 15) is 4.79 Å². The van der Waals surface area contributed by atoms with Gasteiger partial charge < -0.3 is 15.1 Å². The van der Waals surface area contributed by atoms with Gasteiger partial charge in [-0.15, -0.1) is 11.3 Å². The van der Waals surface area contributed by atoms with Gasteiger partial charge in [0.2, 0.25) is 5.91 Å².